The summed E-state index contributed by atoms with van der Waals surface area (Å²) < 4.78 is 3.08. The minimum absolute atomic E-state index is 0.855. The van der Waals surface area contributed by atoms with E-state index >= 15 is 0 Å². The van der Waals surface area contributed by atoms with E-state index in [0.717, 1.165) is 17.4 Å². The number of aromatic nitrogens is 1. The van der Waals surface area contributed by atoms with E-state index in [2.05, 4.69) is 42.9 Å². The van der Waals surface area contributed by atoms with E-state index in [0.29, 0.717) is 0 Å². The zero-order valence-corrected chi connectivity index (χ0v) is 12.0. The van der Waals surface area contributed by atoms with Crippen molar-refractivity contribution in [1.29, 1.82) is 0 Å². The highest BCUT2D eigenvalue weighted by atomic mass is 35.5. The van der Waals surface area contributed by atoms with Gasteiger partial charge in [-0.3, -0.25) is 0 Å². The summed E-state index contributed by atoms with van der Waals surface area (Å²) in [7, 11) is 2.10. The Morgan fingerprint density at radius 2 is 2.06 bits per heavy atom. The number of rotatable bonds is 4. The maximum atomic E-state index is 5.89. The predicted molar refractivity (Wildman–Crippen MR) is 74.8 cm³/mol. The molecule has 0 saturated carbocycles. The molecule has 0 radical (unpaired) electrons. The van der Waals surface area contributed by atoms with Crippen LogP contribution >= 0.6 is 22.9 Å². The van der Waals surface area contributed by atoms with Crippen molar-refractivity contribution in [2.45, 2.75) is 26.9 Å². The number of hydrogen-bond acceptors (Lipinski definition) is 2. The lowest BCUT2D eigenvalue weighted by molar-refractivity contribution is 0.694. The molecule has 0 unspecified atom stereocenters. The number of nitrogens with one attached hydrogen (secondary N) is 1. The molecule has 0 aliphatic carbocycles. The number of halogens is 1. The molecule has 0 saturated heterocycles. The van der Waals surface area contributed by atoms with Crippen molar-refractivity contribution in [3.8, 4) is 0 Å². The van der Waals surface area contributed by atoms with Gasteiger partial charge < -0.3 is 9.88 Å². The van der Waals surface area contributed by atoms with Crippen LogP contribution in [0, 0.1) is 13.8 Å². The largest absolute Gasteiger partial charge is 0.352 e. The SMILES string of the molecule is Cc1cc(CNCc2ccc(Cl)s2)c(C)n1C. The van der Waals surface area contributed by atoms with E-state index in [1.54, 1.807) is 11.3 Å². The third-order valence-corrected chi connectivity index (χ3v) is 4.35. The van der Waals surface area contributed by atoms with E-state index in [9.17, 15) is 0 Å². The van der Waals surface area contributed by atoms with E-state index < -0.39 is 0 Å². The predicted octanol–water partition coefficient (Wildman–Crippen LogP) is 3.65. The van der Waals surface area contributed by atoms with Crippen LogP contribution in [-0.2, 0) is 20.1 Å². The van der Waals surface area contributed by atoms with Crippen molar-refractivity contribution in [2.24, 2.45) is 7.05 Å². The van der Waals surface area contributed by atoms with Crippen LogP contribution < -0.4 is 5.32 Å². The zero-order valence-electron chi connectivity index (χ0n) is 10.4. The molecule has 1 N–H and O–H groups in total. The van der Waals surface area contributed by atoms with Crippen LogP contribution in [0.4, 0.5) is 0 Å². The standard InChI is InChI=1S/C13H17ClN2S/c1-9-6-11(10(2)16(9)3)7-15-8-12-4-5-13(14)17-12/h4-6,15H,7-8H2,1-3H3. The monoisotopic (exact) mass is 268 g/mol. The molecular formula is C13H17ClN2S. The van der Waals surface area contributed by atoms with Gasteiger partial charge in [-0.05, 0) is 37.6 Å². The molecule has 0 fully saturated rings. The summed E-state index contributed by atoms with van der Waals surface area (Å²) in [5, 5.41) is 3.45. The second-order valence-electron chi connectivity index (χ2n) is 4.26. The summed E-state index contributed by atoms with van der Waals surface area (Å²) in [6, 6.07) is 6.26. The second-order valence-corrected chi connectivity index (χ2v) is 6.06. The smallest absolute Gasteiger partial charge is 0.0931 e. The van der Waals surface area contributed by atoms with Gasteiger partial charge in [0, 0.05) is 36.4 Å². The summed E-state index contributed by atoms with van der Waals surface area (Å²) in [6.07, 6.45) is 0. The van der Waals surface area contributed by atoms with Crippen molar-refractivity contribution in [2.75, 3.05) is 0 Å². The summed E-state index contributed by atoms with van der Waals surface area (Å²) >= 11 is 7.53. The van der Waals surface area contributed by atoms with Gasteiger partial charge in [0.15, 0.2) is 0 Å². The van der Waals surface area contributed by atoms with Crippen LogP contribution in [0.5, 0.6) is 0 Å². The van der Waals surface area contributed by atoms with Crippen LogP contribution in [0.1, 0.15) is 21.8 Å². The third kappa shape index (κ3) is 2.92. The fourth-order valence-corrected chi connectivity index (χ4v) is 2.94. The Balaban J connectivity index is 1.92. The molecular weight excluding hydrogens is 252 g/mol. The summed E-state index contributed by atoms with van der Waals surface area (Å²) in [4.78, 5) is 1.28. The Morgan fingerprint density at radius 1 is 1.29 bits per heavy atom. The molecule has 17 heavy (non-hydrogen) atoms. The first kappa shape index (κ1) is 12.7. The molecule has 4 heteroatoms. The third-order valence-electron chi connectivity index (χ3n) is 3.12. The van der Waals surface area contributed by atoms with E-state index in [1.165, 1.54) is 21.8 Å². The molecule has 0 aliphatic heterocycles. The molecule has 2 heterocycles. The molecule has 2 rings (SSSR count). The van der Waals surface area contributed by atoms with Gasteiger partial charge in [-0.15, -0.1) is 11.3 Å². The first-order valence-electron chi connectivity index (χ1n) is 5.64. The lowest BCUT2D eigenvalue weighted by Gasteiger charge is -2.04. The van der Waals surface area contributed by atoms with Gasteiger partial charge in [-0.25, -0.2) is 0 Å². The van der Waals surface area contributed by atoms with Crippen molar-refractivity contribution in [3.63, 3.8) is 0 Å². The summed E-state index contributed by atoms with van der Waals surface area (Å²) in [6.45, 7) is 6.08. The topological polar surface area (TPSA) is 17.0 Å². The fourth-order valence-electron chi connectivity index (χ4n) is 1.88. The van der Waals surface area contributed by atoms with Crippen LogP contribution in [0.2, 0.25) is 4.34 Å². The molecule has 2 nitrogen and oxygen atoms in total. The number of aryl methyl sites for hydroxylation is 1. The molecule has 2 aromatic rings. The maximum absolute atomic E-state index is 5.89. The molecule has 0 aromatic carbocycles. The van der Waals surface area contributed by atoms with Crippen LogP contribution in [0.3, 0.4) is 0 Å². The van der Waals surface area contributed by atoms with Gasteiger partial charge in [0.25, 0.3) is 0 Å². The molecule has 0 spiro atoms. The number of thiophene rings is 1. The van der Waals surface area contributed by atoms with Gasteiger partial charge in [0.1, 0.15) is 0 Å². The Bertz CT molecular complexity index is 513. The second kappa shape index (κ2) is 5.25. The van der Waals surface area contributed by atoms with Crippen molar-refractivity contribution >= 4 is 22.9 Å². The summed E-state index contributed by atoms with van der Waals surface area (Å²) in [5.74, 6) is 0. The average Bonchev–Trinajstić information content (AvgIpc) is 2.80. The Kier molecular flexibility index (Phi) is 3.92. The van der Waals surface area contributed by atoms with Crippen LogP contribution in [0.25, 0.3) is 0 Å². The minimum Gasteiger partial charge on any atom is -0.352 e. The van der Waals surface area contributed by atoms with Crippen molar-refractivity contribution in [3.05, 3.63) is 44.4 Å². The first-order chi connectivity index (χ1) is 8.08. The molecule has 0 atom stereocenters. The van der Waals surface area contributed by atoms with Gasteiger partial charge in [-0.1, -0.05) is 11.6 Å². The zero-order chi connectivity index (χ0) is 12.4. The summed E-state index contributed by atoms with van der Waals surface area (Å²) in [5.41, 5.74) is 4.00. The average molecular weight is 269 g/mol. The number of nitrogens with zero attached hydrogens (tertiary/aromatic N) is 1. The van der Waals surface area contributed by atoms with Crippen LogP contribution in [-0.4, -0.2) is 4.57 Å². The van der Waals surface area contributed by atoms with Crippen LogP contribution in [0.15, 0.2) is 18.2 Å². The molecule has 0 aliphatic rings. The Morgan fingerprint density at radius 3 is 2.59 bits per heavy atom. The highest BCUT2D eigenvalue weighted by molar-refractivity contribution is 7.16. The number of hydrogen-bond donors (Lipinski definition) is 1. The minimum atomic E-state index is 0.855. The lowest BCUT2D eigenvalue weighted by Crippen LogP contribution is -2.12. The Hall–Kier alpha value is -0.770. The van der Waals surface area contributed by atoms with Crippen molar-refractivity contribution in [1.82, 2.24) is 9.88 Å². The maximum Gasteiger partial charge on any atom is 0.0931 e. The van der Waals surface area contributed by atoms with E-state index in [-0.39, 0.29) is 0 Å². The highest BCUT2D eigenvalue weighted by Crippen LogP contribution is 2.21. The lowest BCUT2D eigenvalue weighted by atomic mass is 10.2. The van der Waals surface area contributed by atoms with Gasteiger partial charge in [-0.2, -0.15) is 0 Å². The van der Waals surface area contributed by atoms with E-state index in [4.69, 9.17) is 11.6 Å². The quantitative estimate of drug-likeness (QED) is 0.896. The van der Waals surface area contributed by atoms with Gasteiger partial charge in [0.05, 0.1) is 4.34 Å². The Labute approximate surface area is 111 Å². The molecule has 0 amide bonds. The highest BCUT2D eigenvalue weighted by Gasteiger charge is 2.05. The molecule has 92 valence electrons. The van der Waals surface area contributed by atoms with Crippen molar-refractivity contribution < 1.29 is 0 Å². The fraction of sp³-hybridized carbons (Fsp3) is 0.385. The van der Waals surface area contributed by atoms with Gasteiger partial charge in [0.2, 0.25) is 0 Å². The normalized spacial score (nSPS) is 11.1. The molecule has 0 bridgehead atoms. The first-order valence-corrected chi connectivity index (χ1v) is 6.84. The van der Waals surface area contributed by atoms with E-state index in [1.807, 2.05) is 6.07 Å². The van der Waals surface area contributed by atoms with Gasteiger partial charge >= 0.3 is 0 Å². The molecule has 2 aromatic heterocycles.